The highest BCUT2D eigenvalue weighted by molar-refractivity contribution is 6.34. The highest BCUT2D eigenvalue weighted by atomic mass is 35.5. The van der Waals surface area contributed by atoms with Crippen molar-refractivity contribution in [1.29, 1.82) is 0 Å². The first-order valence-corrected chi connectivity index (χ1v) is 7.80. The Morgan fingerprint density at radius 2 is 1.83 bits per heavy atom. The lowest BCUT2D eigenvalue weighted by Gasteiger charge is -2.23. The molecule has 0 bridgehead atoms. The molecule has 0 spiro atoms. The van der Waals surface area contributed by atoms with Crippen molar-refractivity contribution in [3.8, 4) is 0 Å². The second-order valence-electron chi connectivity index (χ2n) is 5.64. The molecule has 3 N–H and O–H groups in total. The van der Waals surface area contributed by atoms with Crippen molar-refractivity contribution in [2.75, 3.05) is 12.4 Å². The normalized spacial score (nSPS) is 13.0. The minimum atomic E-state index is -1.28. The van der Waals surface area contributed by atoms with Gasteiger partial charge >= 0.3 is 0 Å². The van der Waals surface area contributed by atoms with Crippen LogP contribution in [0.2, 0.25) is 5.02 Å². The zero-order valence-electron chi connectivity index (χ0n) is 13.5. The average Bonchev–Trinajstić information content (AvgIpc) is 2.54. The molecule has 5 nitrogen and oxygen atoms in total. The molecule has 2 rings (SSSR count). The van der Waals surface area contributed by atoms with E-state index in [0.29, 0.717) is 16.8 Å². The molecule has 1 unspecified atom stereocenters. The number of nitrogens with one attached hydrogen (secondary N) is 2. The van der Waals surface area contributed by atoms with Gasteiger partial charge in [0.05, 0.1) is 22.6 Å². The second kappa shape index (κ2) is 7.47. The maximum atomic E-state index is 12.2. The summed E-state index contributed by atoms with van der Waals surface area (Å²) in [7, 11) is 1.51. The van der Waals surface area contributed by atoms with Crippen LogP contribution in [-0.2, 0) is 10.4 Å². The summed E-state index contributed by atoms with van der Waals surface area (Å²) in [6.45, 7) is 1.59. The van der Waals surface area contributed by atoms with Crippen molar-refractivity contribution < 1.29 is 14.7 Å². The number of rotatable bonds is 5. The SMILES string of the molecule is CNC(=O)c1ccc(NC(=O)CC(C)(O)c2ccccc2)cc1Cl. The Bertz CT molecular complexity index is 745. The van der Waals surface area contributed by atoms with Crippen LogP contribution in [0.15, 0.2) is 48.5 Å². The Labute approximate surface area is 145 Å². The van der Waals surface area contributed by atoms with E-state index < -0.39 is 5.60 Å². The van der Waals surface area contributed by atoms with Gasteiger partial charge < -0.3 is 15.7 Å². The van der Waals surface area contributed by atoms with E-state index in [1.165, 1.54) is 19.2 Å². The van der Waals surface area contributed by atoms with Gasteiger partial charge in [-0.05, 0) is 30.7 Å². The number of benzene rings is 2. The van der Waals surface area contributed by atoms with Gasteiger partial charge in [0.15, 0.2) is 0 Å². The fourth-order valence-corrected chi connectivity index (χ4v) is 2.60. The van der Waals surface area contributed by atoms with Crippen LogP contribution in [0.5, 0.6) is 0 Å². The van der Waals surface area contributed by atoms with Gasteiger partial charge in [-0.1, -0.05) is 41.9 Å². The first kappa shape index (κ1) is 18.0. The monoisotopic (exact) mass is 346 g/mol. The van der Waals surface area contributed by atoms with Gasteiger partial charge in [-0.15, -0.1) is 0 Å². The number of anilines is 1. The Balaban J connectivity index is 2.07. The van der Waals surface area contributed by atoms with Crippen LogP contribution in [0.1, 0.15) is 29.3 Å². The van der Waals surface area contributed by atoms with E-state index in [2.05, 4.69) is 10.6 Å². The quantitative estimate of drug-likeness (QED) is 0.778. The molecule has 0 aliphatic rings. The number of aliphatic hydroxyl groups is 1. The lowest BCUT2D eigenvalue weighted by Crippen LogP contribution is -2.28. The van der Waals surface area contributed by atoms with Gasteiger partial charge in [0.2, 0.25) is 5.91 Å². The Hall–Kier alpha value is -2.37. The van der Waals surface area contributed by atoms with E-state index in [-0.39, 0.29) is 23.3 Å². The average molecular weight is 347 g/mol. The molecule has 0 aliphatic carbocycles. The van der Waals surface area contributed by atoms with Crippen LogP contribution >= 0.6 is 11.6 Å². The zero-order valence-corrected chi connectivity index (χ0v) is 14.2. The highest BCUT2D eigenvalue weighted by Gasteiger charge is 2.26. The molecule has 6 heteroatoms. The van der Waals surface area contributed by atoms with Crippen molar-refractivity contribution in [3.63, 3.8) is 0 Å². The first-order valence-electron chi connectivity index (χ1n) is 7.43. The van der Waals surface area contributed by atoms with Crippen LogP contribution in [0.25, 0.3) is 0 Å². The third-order valence-corrected chi connectivity index (χ3v) is 3.94. The highest BCUT2D eigenvalue weighted by Crippen LogP contribution is 2.26. The topological polar surface area (TPSA) is 78.4 Å². The summed E-state index contributed by atoms with van der Waals surface area (Å²) < 4.78 is 0. The van der Waals surface area contributed by atoms with E-state index >= 15 is 0 Å². The lowest BCUT2D eigenvalue weighted by atomic mass is 9.92. The molecule has 0 heterocycles. The molecule has 0 saturated carbocycles. The minimum absolute atomic E-state index is 0.105. The van der Waals surface area contributed by atoms with Crippen LogP contribution in [-0.4, -0.2) is 24.0 Å². The zero-order chi connectivity index (χ0) is 17.7. The molecule has 0 radical (unpaired) electrons. The van der Waals surface area contributed by atoms with E-state index in [9.17, 15) is 14.7 Å². The third-order valence-electron chi connectivity index (χ3n) is 3.62. The molecule has 126 valence electrons. The molecule has 0 aromatic heterocycles. The maximum Gasteiger partial charge on any atom is 0.252 e. The van der Waals surface area contributed by atoms with E-state index in [1.54, 1.807) is 37.3 Å². The van der Waals surface area contributed by atoms with Gasteiger partial charge in [-0.3, -0.25) is 9.59 Å². The molecule has 0 aliphatic heterocycles. The fourth-order valence-electron chi connectivity index (χ4n) is 2.33. The number of halogens is 1. The summed E-state index contributed by atoms with van der Waals surface area (Å²) in [6.07, 6.45) is -0.105. The molecular formula is C18H19ClN2O3. The predicted molar refractivity (Wildman–Crippen MR) is 94.1 cm³/mol. The van der Waals surface area contributed by atoms with Crippen LogP contribution in [0, 0.1) is 0 Å². The molecule has 2 amide bonds. The number of carbonyl (C=O) groups excluding carboxylic acids is 2. The predicted octanol–water partition coefficient (Wildman–Crippen LogP) is 2.94. The second-order valence-corrected chi connectivity index (χ2v) is 6.05. The van der Waals surface area contributed by atoms with E-state index in [0.717, 1.165) is 0 Å². The van der Waals surface area contributed by atoms with E-state index in [1.807, 2.05) is 6.07 Å². The number of hydrogen-bond donors (Lipinski definition) is 3. The van der Waals surface area contributed by atoms with Crippen molar-refractivity contribution in [1.82, 2.24) is 5.32 Å². The summed E-state index contributed by atoms with van der Waals surface area (Å²) in [5, 5.41) is 15.9. The molecule has 2 aromatic rings. The number of hydrogen-bond acceptors (Lipinski definition) is 3. The Morgan fingerprint density at radius 3 is 2.42 bits per heavy atom. The van der Waals surface area contributed by atoms with Gasteiger partial charge in [0.1, 0.15) is 0 Å². The molecule has 0 saturated heterocycles. The van der Waals surface area contributed by atoms with Gasteiger partial charge in [-0.25, -0.2) is 0 Å². The summed E-state index contributed by atoms with van der Waals surface area (Å²) in [4.78, 5) is 23.8. The Morgan fingerprint density at radius 1 is 1.17 bits per heavy atom. The van der Waals surface area contributed by atoms with Gasteiger partial charge in [-0.2, -0.15) is 0 Å². The molecule has 2 aromatic carbocycles. The number of amides is 2. The lowest BCUT2D eigenvalue weighted by molar-refractivity contribution is -0.120. The maximum absolute atomic E-state index is 12.2. The number of carbonyl (C=O) groups is 2. The molecule has 0 fully saturated rings. The summed E-state index contributed by atoms with van der Waals surface area (Å²) in [5.41, 5.74) is 0.167. The summed E-state index contributed by atoms with van der Waals surface area (Å²) >= 11 is 6.05. The van der Waals surface area contributed by atoms with Crippen molar-refractivity contribution in [3.05, 3.63) is 64.7 Å². The molecule has 24 heavy (non-hydrogen) atoms. The van der Waals surface area contributed by atoms with Crippen LogP contribution in [0.3, 0.4) is 0 Å². The van der Waals surface area contributed by atoms with Crippen molar-refractivity contribution in [2.45, 2.75) is 18.9 Å². The van der Waals surface area contributed by atoms with Crippen LogP contribution in [0.4, 0.5) is 5.69 Å². The largest absolute Gasteiger partial charge is 0.385 e. The summed E-state index contributed by atoms with van der Waals surface area (Å²) in [6, 6.07) is 13.6. The standard InChI is InChI=1S/C18H19ClN2O3/c1-18(24,12-6-4-3-5-7-12)11-16(22)21-13-8-9-14(15(19)10-13)17(23)20-2/h3-10,24H,11H2,1-2H3,(H,20,23)(H,21,22). The minimum Gasteiger partial charge on any atom is -0.385 e. The molecular weight excluding hydrogens is 328 g/mol. The van der Waals surface area contributed by atoms with Crippen molar-refractivity contribution >= 4 is 29.1 Å². The molecule has 1 atom stereocenters. The van der Waals surface area contributed by atoms with E-state index in [4.69, 9.17) is 11.6 Å². The first-order chi connectivity index (χ1) is 11.3. The smallest absolute Gasteiger partial charge is 0.252 e. The Kier molecular flexibility index (Phi) is 5.59. The van der Waals surface area contributed by atoms with Crippen molar-refractivity contribution in [2.24, 2.45) is 0 Å². The van der Waals surface area contributed by atoms with Gasteiger partial charge in [0, 0.05) is 12.7 Å². The fraction of sp³-hybridized carbons (Fsp3) is 0.222. The van der Waals surface area contributed by atoms with Gasteiger partial charge in [0.25, 0.3) is 5.91 Å². The third kappa shape index (κ3) is 4.34. The van der Waals surface area contributed by atoms with Crippen LogP contribution < -0.4 is 10.6 Å². The summed E-state index contributed by atoms with van der Waals surface area (Å²) in [5.74, 6) is -0.655.